The maximum absolute atomic E-state index is 5.36. The molecule has 0 saturated heterocycles. The largest absolute Gasteiger partial charge is 0.308 e. The van der Waals surface area contributed by atoms with Crippen LogP contribution in [0.25, 0.3) is 11.0 Å². The maximum Gasteiger partial charge on any atom is 0.164 e. The summed E-state index contributed by atoms with van der Waals surface area (Å²) in [7, 11) is 0. The minimum atomic E-state index is 0.620. The second-order valence-electron chi connectivity index (χ2n) is 3.75. The molecule has 0 aliphatic heterocycles. The van der Waals surface area contributed by atoms with Crippen LogP contribution in [-0.4, -0.2) is 15.0 Å². The van der Waals surface area contributed by atoms with Crippen molar-refractivity contribution in [1.82, 2.24) is 15.0 Å². The Kier molecular flexibility index (Phi) is 1.78. The fraction of sp³-hybridized carbons (Fsp3) is 0.300. The molecule has 15 heavy (non-hydrogen) atoms. The Hall–Kier alpha value is -1.75. The molecule has 0 amide bonds. The zero-order valence-electron chi connectivity index (χ0n) is 8.14. The van der Waals surface area contributed by atoms with Gasteiger partial charge < -0.3 is 5.43 Å². The van der Waals surface area contributed by atoms with Gasteiger partial charge in [0.25, 0.3) is 0 Å². The number of nitrogen functional groups attached to an aromatic ring is 1. The van der Waals surface area contributed by atoms with Gasteiger partial charge >= 0.3 is 0 Å². The molecule has 2 aromatic rings. The molecule has 2 aromatic heterocycles. The topological polar surface area (TPSA) is 76.7 Å². The van der Waals surface area contributed by atoms with Gasteiger partial charge in [0.2, 0.25) is 0 Å². The molecule has 2 heterocycles. The summed E-state index contributed by atoms with van der Waals surface area (Å²) in [4.78, 5) is 12.7. The first kappa shape index (κ1) is 8.55. The minimum Gasteiger partial charge on any atom is -0.308 e. The van der Waals surface area contributed by atoms with Gasteiger partial charge in [-0.1, -0.05) is 0 Å². The van der Waals surface area contributed by atoms with E-state index in [9.17, 15) is 0 Å². The molecule has 3 N–H and O–H groups in total. The van der Waals surface area contributed by atoms with Crippen LogP contribution < -0.4 is 11.3 Å². The van der Waals surface area contributed by atoms with E-state index in [0.717, 1.165) is 11.1 Å². The lowest BCUT2D eigenvalue weighted by atomic mass is 10.2. The van der Waals surface area contributed by atoms with Gasteiger partial charge in [0.1, 0.15) is 6.33 Å². The molecule has 5 nitrogen and oxygen atoms in total. The van der Waals surface area contributed by atoms with E-state index < -0.39 is 0 Å². The Morgan fingerprint density at radius 1 is 1.27 bits per heavy atom. The molecule has 1 fully saturated rings. The molecule has 0 atom stereocenters. The Balaban J connectivity index is 2.18. The SMILES string of the molecule is NNc1ncnc2nc(C3CC3)ccc12. The zero-order chi connectivity index (χ0) is 10.3. The number of fused-ring (bicyclic) bond motifs is 1. The van der Waals surface area contributed by atoms with Crippen molar-refractivity contribution >= 4 is 16.9 Å². The summed E-state index contributed by atoms with van der Waals surface area (Å²) in [6, 6.07) is 4.01. The van der Waals surface area contributed by atoms with Gasteiger partial charge in [0.15, 0.2) is 11.5 Å². The molecule has 76 valence electrons. The van der Waals surface area contributed by atoms with E-state index in [-0.39, 0.29) is 0 Å². The molecule has 1 aliphatic carbocycles. The van der Waals surface area contributed by atoms with Crippen molar-refractivity contribution in [2.24, 2.45) is 5.84 Å². The van der Waals surface area contributed by atoms with Crippen molar-refractivity contribution in [3.8, 4) is 0 Å². The Morgan fingerprint density at radius 2 is 2.13 bits per heavy atom. The van der Waals surface area contributed by atoms with Crippen LogP contribution in [0.4, 0.5) is 5.82 Å². The maximum atomic E-state index is 5.36. The molecular weight excluding hydrogens is 190 g/mol. The number of hydrogen-bond donors (Lipinski definition) is 2. The summed E-state index contributed by atoms with van der Waals surface area (Å²) < 4.78 is 0. The smallest absolute Gasteiger partial charge is 0.164 e. The number of nitrogens with two attached hydrogens (primary N) is 1. The lowest BCUT2D eigenvalue weighted by Crippen LogP contribution is -2.09. The predicted octanol–water partition coefficient (Wildman–Crippen LogP) is 1.19. The van der Waals surface area contributed by atoms with Gasteiger partial charge in [-0.2, -0.15) is 0 Å². The van der Waals surface area contributed by atoms with Gasteiger partial charge in [-0.3, -0.25) is 0 Å². The summed E-state index contributed by atoms with van der Waals surface area (Å²) in [5, 5.41) is 0.865. The molecule has 1 aliphatic rings. The average Bonchev–Trinajstić information content (AvgIpc) is 3.11. The van der Waals surface area contributed by atoms with E-state index in [0.29, 0.717) is 17.4 Å². The first-order valence-corrected chi connectivity index (χ1v) is 4.97. The van der Waals surface area contributed by atoms with Crippen molar-refractivity contribution in [1.29, 1.82) is 0 Å². The number of nitrogens with one attached hydrogen (secondary N) is 1. The highest BCUT2D eigenvalue weighted by molar-refractivity contribution is 5.85. The number of rotatable bonds is 2. The summed E-state index contributed by atoms with van der Waals surface area (Å²) in [5.41, 5.74) is 4.38. The Morgan fingerprint density at radius 3 is 2.87 bits per heavy atom. The van der Waals surface area contributed by atoms with Crippen molar-refractivity contribution in [3.05, 3.63) is 24.2 Å². The van der Waals surface area contributed by atoms with Gasteiger partial charge in [-0.25, -0.2) is 20.8 Å². The van der Waals surface area contributed by atoms with Crippen LogP contribution in [0.5, 0.6) is 0 Å². The normalized spacial score (nSPS) is 15.5. The highest BCUT2D eigenvalue weighted by Crippen LogP contribution is 2.39. The number of hydrogen-bond acceptors (Lipinski definition) is 5. The fourth-order valence-corrected chi connectivity index (χ4v) is 1.68. The van der Waals surface area contributed by atoms with Crippen LogP contribution in [0.1, 0.15) is 24.5 Å². The third-order valence-corrected chi connectivity index (χ3v) is 2.65. The second-order valence-corrected chi connectivity index (χ2v) is 3.75. The lowest BCUT2D eigenvalue weighted by molar-refractivity contribution is 1.03. The zero-order valence-corrected chi connectivity index (χ0v) is 8.14. The van der Waals surface area contributed by atoms with Crippen molar-refractivity contribution in [3.63, 3.8) is 0 Å². The van der Waals surface area contributed by atoms with E-state index in [1.165, 1.54) is 19.2 Å². The van der Waals surface area contributed by atoms with E-state index in [2.05, 4.69) is 20.4 Å². The second kappa shape index (κ2) is 3.13. The third kappa shape index (κ3) is 1.41. The molecular formula is C10H11N5. The lowest BCUT2D eigenvalue weighted by Gasteiger charge is -2.04. The first-order valence-electron chi connectivity index (χ1n) is 4.97. The van der Waals surface area contributed by atoms with Crippen molar-refractivity contribution in [2.75, 3.05) is 5.43 Å². The van der Waals surface area contributed by atoms with E-state index in [1.54, 1.807) is 0 Å². The van der Waals surface area contributed by atoms with Crippen LogP contribution in [0.3, 0.4) is 0 Å². The third-order valence-electron chi connectivity index (χ3n) is 2.65. The summed E-state index contributed by atoms with van der Waals surface area (Å²) in [6.45, 7) is 0. The average molecular weight is 201 g/mol. The number of hydrazine groups is 1. The molecule has 0 radical (unpaired) electrons. The van der Waals surface area contributed by atoms with Crippen LogP contribution in [0.15, 0.2) is 18.5 Å². The summed E-state index contributed by atoms with van der Waals surface area (Å²) in [5.74, 6) is 6.62. The molecule has 0 aromatic carbocycles. The Bertz CT molecular complexity index is 506. The highest BCUT2D eigenvalue weighted by Gasteiger charge is 2.25. The molecule has 0 unspecified atom stereocenters. The van der Waals surface area contributed by atoms with Gasteiger partial charge in [-0.15, -0.1) is 0 Å². The van der Waals surface area contributed by atoms with Crippen LogP contribution in [0.2, 0.25) is 0 Å². The van der Waals surface area contributed by atoms with Crippen molar-refractivity contribution in [2.45, 2.75) is 18.8 Å². The van der Waals surface area contributed by atoms with E-state index >= 15 is 0 Å². The van der Waals surface area contributed by atoms with Gasteiger partial charge in [0, 0.05) is 11.6 Å². The van der Waals surface area contributed by atoms with Gasteiger partial charge in [-0.05, 0) is 25.0 Å². The number of aromatic nitrogens is 3. The number of nitrogens with zero attached hydrogens (tertiary/aromatic N) is 3. The molecule has 5 heteroatoms. The number of pyridine rings is 1. The van der Waals surface area contributed by atoms with Crippen LogP contribution >= 0.6 is 0 Å². The Labute approximate surface area is 86.7 Å². The fourth-order valence-electron chi connectivity index (χ4n) is 1.68. The standard InChI is InChI=1S/C10H11N5/c11-15-10-7-3-4-8(6-1-2-6)14-9(7)12-5-13-10/h3-6H,1-2,11H2,(H,12,13,14,15). The summed E-state index contributed by atoms with van der Waals surface area (Å²) >= 11 is 0. The highest BCUT2D eigenvalue weighted by atomic mass is 15.3. The molecule has 3 rings (SSSR count). The van der Waals surface area contributed by atoms with Crippen LogP contribution in [-0.2, 0) is 0 Å². The van der Waals surface area contributed by atoms with Crippen molar-refractivity contribution < 1.29 is 0 Å². The van der Waals surface area contributed by atoms with E-state index in [1.807, 2.05) is 12.1 Å². The monoisotopic (exact) mass is 201 g/mol. The minimum absolute atomic E-state index is 0.620. The molecule has 0 bridgehead atoms. The van der Waals surface area contributed by atoms with Crippen LogP contribution in [0, 0.1) is 0 Å². The van der Waals surface area contributed by atoms with E-state index in [4.69, 9.17) is 5.84 Å². The number of anilines is 1. The quantitative estimate of drug-likeness (QED) is 0.563. The predicted molar refractivity (Wildman–Crippen MR) is 57.1 cm³/mol. The molecule has 0 spiro atoms. The first-order chi connectivity index (χ1) is 7.38. The molecule has 1 saturated carbocycles. The summed E-state index contributed by atoms with van der Waals surface area (Å²) in [6.07, 6.45) is 3.96. The van der Waals surface area contributed by atoms with Gasteiger partial charge in [0.05, 0.1) is 5.39 Å².